The molecule has 0 N–H and O–H groups in total. The van der Waals surface area contributed by atoms with E-state index in [9.17, 15) is 4.79 Å². The molecule has 2 aliphatic heterocycles. The Kier molecular flexibility index (Phi) is 3.08. The van der Waals surface area contributed by atoms with Gasteiger partial charge in [0.2, 0.25) is 0 Å². The molecule has 98 valence electrons. The fraction of sp³-hybridized carbons (Fsp3) is 0.417. The monoisotopic (exact) mass is 261 g/mol. The van der Waals surface area contributed by atoms with Gasteiger partial charge in [-0.3, -0.25) is 4.79 Å². The van der Waals surface area contributed by atoms with Gasteiger partial charge in [0.15, 0.2) is 18.4 Å². The lowest BCUT2D eigenvalue weighted by atomic mass is 10.1. The van der Waals surface area contributed by atoms with Gasteiger partial charge in [0, 0.05) is 10.5 Å². The normalized spacial score (nSPS) is 33.2. The molecule has 4 atom stereocenters. The van der Waals surface area contributed by atoms with Crippen molar-refractivity contribution in [1.82, 2.24) is 0 Å². The van der Waals surface area contributed by atoms with E-state index in [1.807, 2.05) is 30.3 Å². The van der Waals surface area contributed by atoms with Crippen LogP contribution in [0.3, 0.4) is 0 Å². The van der Waals surface area contributed by atoms with Crippen LogP contribution in [0.25, 0.3) is 10.4 Å². The second-order valence-electron chi connectivity index (χ2n) is 4.30. The van der Waals surface area contributed by atoms with E-state index >= 15 is 0 Å². The molecule has 0 unspecified atom stereocenters. The summed E-state index contributed by atoms with van der Waals surface area (Å²) in [4.78, 5) is 14.2. The van der Waals surface area contributed by atoms with E-state index in [-0.39, 0.29) is 6.61 Å². The number of carbonyl (C=O) groups is 1. The van der Waals surface area contributed by atoms with Gasteiger partial charge >= 0.3 is 5.97 Å². The number of carbonyl (C=O) groups excluding carboxylic acids is 1. The van der Waals surface area contributed by atoms with Gasteiger partial charge in [-0.25, -0.2) is 0 Å². The predicted molar refractivity (Wildman–Crippen MR) is 62.8 cm³/mol. The zero-order chi connectivity index (χ0) is 13.2. The molecule has 0 spiro atoms. The number of nitrogens with zero attached hydrogens (tertiary/aromatic N) is 3. The zero-order valence-corrected chi connectivity index (χ0v) is 9.88. The Morgan fingerprint density at radius 2 is 2.11 bits per heavy atom. The summed E-state index contributed by atoms with van der Waals surface area (Å²) < 4.78 is 16.3. The molecule has 2 aliphatic rings. The number of hydrogen-bond acceptors (Lipinski definition) is 5. The third-order valence-corrected chi connectivity index (χ3v) is 3.13. The van der Waals surface area contributed by atoms with Crippen molar-refractivity contribution in [2.45, 2.75) is 24.5 Å². The van der Waals surface area contributed by atoms with Gasteiger partial charge < -0.3 is 14.2 Å². The van der Waals surface area contributed by atoms with Crippen LogP contribution < -0.4 is 0 Å². The summed E-state index contributed by atoms with van der Waals surface area (Å²) in [6.07, 6.45) is -1.68. The molecule has 7 nitrogen and oxygen atoms in total. The van der Waals surface area contributed by atoms with Crippen molar-refractivity contribution in [3.05, 3.63) is 46.3 Å². The lowest BCUT2D eigenvalue weighted by molar-refractivity contribution is -0.244. The third kappa shape index (κ3) is 2.15. The van der Waals surface area contributed by atoms with Crippen molar-refractivity contribution >= 4 is 5.97 Å². The van der Waals surface area contributed by atoms with Crippen LogP contribution in [-0.4, -0.2) is 30.8 Å². The van der Waals surface area contributed by atoms with E-state index in [4.69, 9.17) is 19.7 Å². The summed E-state index contributed by atoms with van der Waals surface area (Å²) in [5, 5.41) is 3.44. The molecule has 0 radical (unpaired) electrons. The molecule has 2 fully saturated rings. The van der Waals surface area contributed by atoms with Gasteiger partial charge in [0.25, 0.3) is 0 Å². The van der Waals surface area contributed by atoms with Crippen LogP contribution in [-0.2, 0) is 19.0 Å². The van der Waals surface area contributed by atoms with Gasteiger partial charge in [-0.1, -0.05) is 35.4 Å². The number of azide groups is 1. The highest BCUT2D eigenvalue weighted by atomic mass is 16.7. The average Bonchev–Trinajstić information content (AvgIpc) is 2.76. The smallest absolute Gasteiger partial charge is 0.318 e. The molecule has 19 heavy (non-hydrogen) atoms. The van der Waals surface area contributed by atoms with Gasteiger partial charge in [0.1, 0.15) is 6.10 Å². The van der Waals surface area contributed by atoms with Crippen LogP contribution >= 0.6 is 0 Å². The van der Waals surface area contributed by atoms with Crippen molar-refractivity contribution in [3.63, 3.8) is 0 Å². The molecule has 2 saturated heterocycles. The van der Waals surface area contributed by atoms with Crippen LogP contribution in [0.4, 0.5) is 0 Å². The summed E-state index contributed by atoms with van der Waals surface area (Å²) >= 11 is 0. The number of ether oxygens (including phenoxy) is 3. The van der Waals surface area contributed by atoms with Gasteiger partial charge in [-0.2, -0.15) is 0 Å². The van der Waals surface area contributed by atoms with Crippen molar-refractivity contribution in [2.24, 2.45) is 5.11 Å². The highest BCUT2D eigenvalue weighted by molar-refractivity contribution is 5.79. The summed E-state index contributed by atoms with van der Waals surface area (Å²) in [6, 6.07) is 8.42. The highest BCUT2D eigenvalue weighted by Gasteiger charge is 2.49. The first-order valence-electron chi connectivity index (χ1n) is 5.86. The van der Waals surface area contributed by atoms with E-state index in [1.165, 1.54) is 0 Å². The first-order valence-corrected chi connectivity index (χ1v) is 5.86. The van der Waals surface area contributed by atoms with E-state index in [0.29, 0.717) is 0 Å². The number of rotatable bonds is 2. The Balaban J connectivity index is 1.81. The van der Waals surface area contributed by atoms with Crippen LogP contribution in [0.5, 0.6) is 0 Å². The minimum Gasteiger partial charge on any atom is -0.457 e. The number of benzene rings is 1. The Morgan fingerprint density at radius 3 is 2.84 bits per heavy atom. The molecular weight excluding hydrogens is 250 g/mol. The average molecular weight is 261 g/mol. The van der Waals surface area contributed by atoms with Crippen molar-refractivity contribution < 1.29 is 19.0 Å². The SMILES string of the molecule is [N-]=[N+]=N[C@H]1C(=O)O[C@@H]2CO[C@H](c3ccccc3)O[C@@H]21. The highest BCUT2D eigenvalue weighted by Crippen LogP contribution is 2.33. The predicted octanol–water partition coefficient (Wildman–Crippen LogP) is 1.70. The molecule has 3 rings (SSSR count). The first kappa shape index (κ1) is 12.0. The largest absolute Gasteiger partial charge is 0.457 e. The Labute approximate surface area is 108 Å². The zero-order valence-electron chi connectivity index (χ0n) is 9.88. The van der Waals surface area contributed by atoms with Gasteiger partial charge in [0.05, 0.1) is 6.61 Å². The van der Waals surface area contributed by atoms with Crippen LogP contribution in [0.15, 0.2) is 35.4 Å². The van der Waals surface area contributed by atoms with Crippen molar-refractivity contribution in [3.8, 4) is 0 Å². The fourth-order valence-corrected chi connectivity index (χ4v) is 2.23. The Hall–Kier alpha value is -2.08. The first-order chi connectivity index (χ1) is 9.29. The molecule has 0 saturated carbocycles. The molecule has 1 aromatic carbocycles. The minimum atomic E-state index is -0.940. The fourth-order valence-electron chi connectivity index (χ4n) is 2.23. The van der Waals surface area contributed by atoms with Crippen LogP contribution in [0.2, 0.25) is 0 Å². The second kappa shape index (κ2) is 4.89. The summed E-state index contributed by atoms with van der Waals surface area (Å²) in [5.41, 5.74) is 9.33. The van der Waals surface area contributed by atoms with E-state index in [2.05, 4.69) is 10.0 Å². The molecular formula is C12H11N3O4. The maximum Gasteiger partial charge on any atom is 0.318 e. The minimum absolute atomic E-state index is 0.230. The van der Waals surface area contributed by atoms with Gasteiger partial charge in [-0.05, 0) is 5.53 Å². The maximum absolute atomic E-state index is 11.6. The Morgan fingerprint density at radius 1 is 1.32 bits per heavy atom. The van der Waals surface area contributed by atoms with Crippen LogP contribution in [0, 0.1) is 0 Å². The standard InChI is InChI=1S/C12H11N3O4/c13-15-14-9-10-8(18-11(9)16)6-17-12(19-10)7-4-2-1-3-5-7/h1-5,8-10,12H,6H2/t8-,9-,10+,12+/m1/s1. The number of hydrogen-bond donors (Lipinski definition) is 0. The third-order valence-electron chi connectivity index (χ3n) is 3.13. The topological polar surface area (TPSA) is 93.5 Å². The molecule has 7 heteroatoms. The van der Waals surface area contributed by atoms with E-state index in [1.54, 1.807) is 0 Å². The quantitative estimate of drug-likeness (QED) is 0.350. The number of fused-ring (bicyclic) bond motifs is 1. The number of esters is 1. The van der Waals surface area contributed by atoms with Crippen LogP contribution in [0.1, 0.15) is 11.9 Å². The molecule has 0 bridgehead atoms. The Bertz CT molecular complexity index is 529. The second-order valence-corrected chi connectivity index (χ2v) is 4.30. The molecule has 2 heterocycles. The van der Waals surface area contributed by atoms with Crippen molar-refractivity contribution in [1.29, 1.82) is 0 Å². The summed E-state index contributed by atoms with van der Waals surface area (Å²) in [6.45, 7) is 0.230. The summed E-state index contributed by atoms with van der Waals surface area (Å²) in [5.74, 6) is -0.565. The maximum atomic E-state index is 11.6. The van der Waals surface area contributed by atoms with Crippen molar-refractivity contribution in [2.75, 3.05) is 6.61 Å². The van der Waals surface area contributed by atoms with E-state index in [0.717, 1.165) is 5.56 Å². The van der Waals surface area contributed by atoms with Gasteiger partial charge in [-0.15, -0.1) is 0 Å². The molecule has 0 amide bonds. The molecule has 0 aliphatic carbocycles. The lowest BCUT2D eigenvalue weighted by Gasteiger charge is -2.32. The lowest BCUT2D eigenvalue weighted by Crippen LogP contribution is -2.41. The van der Waals surface area contributed by atoms with E-state index < -0.39 is 30.5 Å². The summed E-state index contributed by atoms with van der Waals surface area (Å²) in [7, 11) is 0. The molecule has 1 aromatic rings. The molecule has 0 aromatic heterocycles.